The summed E-state index contributed by atoms with van der Waals surface area (Å²) < 4.78 is 5.98. The van der Waals surface area contributed by atoms with Gasteiger partial charge in [-0.05, 0) is 122 Å². The summed E-state index contributed by atoms with van der Waals surface area (Å²) in [7, 11) is 0. The number of carboxylic acids is 1. The first-order valence-corrected chi connectivity index (χ1v) is 21.4. The van der Waals surface area contributed by atoms with Gasteiger partial charge in [-0.3, -0.25) is 9.59 Å². The number of carbonyl (C=O) groups excluding carboxylic acids is 2. The molecule has 0 heterocycles. The van der Waals surface area contributed by atoms with Crippen LogP contribution in [0.25, 0.3) is 0 Å². The van der Waals surface area contributed by atoms with Crippen molar-refractivity contribution in [2.75, 3.05) is 6.54 Å². The van der Waals surface area contributed by atoms with Crippen LogP contribution < -0.4 is 11.1 Å². The van der Waals surface area contributed by atoms with Gasteiger partial charge in [-0.25, -0.2) is 4.79 Å². The number of nitrogens with two attached hydrogens (primary N) is 1. The fourth-order valence-electron chi connectivity index (χ4n) is 5.76. The number of allylic oxidation sites excluding steroid dienone is 14. The third-order valence-corrected chi connectivity index (χ3v) is 8.94. The summed E-state index contributed by atoms with van der Waals surface area (Å²) in [5, 5.41) is 11.9. The average molecular weight is 751 g/mol. The lowest BCUT2D eigenvalue weighted by Gasteiger charge is -2.18. The Morgan fingerprint density at radius 3 is 1.61 bits per heavy atom. The highest BCUT2D eigenvalue weighted by Gasteiger charge is 2.19. The van der Waals surface area contributed by atoms with Gasteiger partial charge in [0.25, 0.3) is 0 Å². The molecule has 0 aromatic carbocycles. The highest BCUT2D eigenvalue weighted by Crippen LogP contribution is 2.17. The Bertz CT molecular complexity index is 1120. The zero-order chi connectivity index (χ0) is 39.6. The van der Waals surface area contributed by atoms with Crippen LogP contribution in [0.15, 0.2) is 85.1 Å². The van der Waals surface area contributed by atoms with Crippen molar-refractivity contribution in [3.63, 3.8) is 0 Å². The first-order valence-electron chi connectivity index (χ1n) is 21.4. The zero-order valence-electron chi connectivity index (χ0n) is 34.3. The van der Waals surface area contributed by atoms with Crippen LogP contribution >= 0.6 is 0 Å². The number of carboxylic acid groups (broad SMARTS) is 1. The number of esters is 1. The van der Waals surface area contributed by atoms with Crippen LogP contribution in [0, 0.1) is 0 Å². The molecule has 0 spiro atoms. The molecule has 0 saturated heterocycles. The molecular formula is C47H78N2O5. The second-order valence-corrected chi connectivity index (χ2v) is 14.0. The maximum Gasteiger partial charge on any atom is 0.326 e. The highest BCUT2D eigenvalue weighted by atomic mass is 16.5. The van der Waals surface area contributed by atoms with E-state index in [2.05, 4.69) is 104 Å². The third-order valence-electron chi connectivity index (χ3n) is 8.94. The Kier molecular flexibility index (Phi) is 38.1. The molecule has 0 bridgehead atoms. The number of unbranched alkanes of at least 4 members (excludes halogenated alkanes) is 9. The smallest absolute Gasteiger partial charge is 0.326 e. The van der Waals surface area contributed by atoms with Crippen LogP contribution in [-0.2, 0) is 19.1 Å². The van der Waals surface area contributed by atoms with Gasteiger partial charge in [0, 0.05) is 12.8 Å². The first kappa shape index (κ1) is 50.5. The maximum absolute atomic E-state index is 12.8. The second kappa shape index (κ2) is 40.7. The summed E-state index contributed by atoms with van der Waals surface area (Å²) in [4.78, 5) is 36.3. The summed E-state index contributed by atoms with van der Waals surface area (Å²) in [6, 6.07) is -0.869. The van der Waals surface area contributed by atoms with Crippen molar-refractivity contribution in [2.24, 2.45) is 5.73 Å². The summed E-state index contributed by atoms with van der Waals surface area (Å²) >= 11 is 0. The van der Waals surface area contributed by atoms with Gasteiger partial charge in [-0.2, -0.15) is 0 Å². The number of nitrogens with one attached hydrogen (secondary N) is 1. The Hall–Kier alpha value is -3.45. The number of hydrogen-bond donors (Lipinski definition) is 3. The molecule has 0 radical (unpaired) electrons. The van der Waals surface area contributed by atoms with Gasteiger partial charge < -0.3 is 20.9 Å². The van der Waals surface area contributed by atoms with Crippen molar-refractivity contribution in [3.05, 3.63) is 85.1 Å². The number of carbonyl (C=O) groups is 3. The average Bonchev–Trinajstić information content (AvgIpc) is 3.16. The van der Waals surface area contributed by atoms with Gasteiger partial charge in [0.15, 0.2) is 0 Å². The molecule has 0 aliphatic carbocycles. The van der Waals surface area contributed by atoms with Crippen LogP contribution in [-0.4, -0.2) is 41.6 Å². The van der Waals surface area contributed by atoms with Crippen molar-refractivity contribution < 1.29 is 24.2 Å². The van der Waals surface area contributed by atoms with E-state index in [-0.39, 0.29) is 18.0 Å². The van der Waals surface area contributed by atoms with Gasteiger partial charge in [-0.1, -0.05) is 131 Å². The normalized spacial score (nSPS) is 13.5. The Labute approximate surface area is 330 Å². The summed E-state index contributed by atoms with van der Waals surface area (Å²) in [5.74, 6) is -1.34. The predicted octanol–water partition coefficient (Wildman–Crippen LogP) is 12.1. The van der Waals surface area contributed by atoms with E-state index in [1.54, 1.807) is 0 Å². The quantitative estimate of drug-likeness (QED) is 0.0330. The lowest BCUT2D eigenvalue weighted by molar-refractivity contribution is -0.150. The molecule has 4 N–H and O–H groups in total. The molecule has 1 amide bonds. The van der Waals surface area contributed by atoms with E-state index in [4.69, 9.17) is 10.5 Å². The SMILES string of the molecule is CC/C=C\C/C=C\C/C=C\C/C=C\C/C=C\CCCC(=O)OC(CCC/C=C\C/C=C\CCCCC)CCCCCCCC(=O)NC(CCCN)C(=O)O. The molecule has 0 rings (SSSR count). The minimum Gasteiger partial charge on any atom is -0.480 e. The van der Waals surface area contributed by atoms with Crippen molar-refractivity contribution in [1.82, 2.24) is 5.32 Å². The molecule has 54 heavy (non-hydrogen) atoms. The Morgan fingerprint density at radius 1 is 0.556 bits per heavy atom. The van der Waals surface area contributed by atoms with Gasteiger partial charge in [-0.15, -0.1) is 0 Å². The predicted molar refractivity (Wildman–Crippen MR) is 229 cm³/mol. The van der Waals surface area contributed by atoms with Crippen LogP contribution in [0.5, 0.6) is 0 Å². The molecule has 306 valence electrons. The number of amides is 1. The monoisotopic (exact) mass is 751 g/mol. The van der Waals surface area contributed by atoms with Crippen molar-refractivity contribution in [1.29, 1.82) is 0 Å². The standard InChI is InChI=1S/C47H78N2O5/c1-3-5-7-9-11-13-15-16-17-18-19-20-22-24-26-31-35-41-46(51)54-43(37-32-28-25-23-21-14-12-10-8-6-4-2)38-33-29-27-30-34-40-45(50)49-44(47(52)53)39-36-42-48/h5,7,11-14,16-17,19-20,23-26,43-44H,3-4,6,8-10,15,18,21-22,27-42,48H2,1-2H3,(H,49,50)(H,52,53)/b7-5-,13-11-,14-12-,17-16-,20-19-,25-23-,26-24-. The van der Waals surface area contributed by atoms with E-state index < -0.39 is 12.0 Å². The minimum absolute atomic E-state index is 0.0645. The maximum atomic E-state index is 12.8. The molecule has 0 aliphatic heterocycles. The van der Waals surface area contributed by atoms with Gasteiger partial charge >= 0.3 is 11.9 Å². The number of rotatable bonds is 37. The summed E-state index contributed by atoms with van der Waals surface area (Å²) in [6.45, 7) is 4.78. The van der Waals surface area contributed by atoms with E-state index in [9.17, 15) is 19.5 Å². The van der Waals surface area contributed by atoms with E-state index in [0.29, 0.717) is 32.2 Å². The van der Waals surface area contributed by atoms with Gasteiger partial charge in [0.1, 0.15) is 12.1 Å². The van der Waals surface area contributed by atoms with Crippen molar-refractivity contribution in [3.8, 4) is 0 Å². The van der Waals surface area contributed by atoms with Crippen LogP contribution in [0.3, 0.4) is 0 Å². The largest absolute Gasteiger partial charge is 0.480 e. The molecule has 7 heteroatoms. The lowest BCUT2D eigenvalue weighted by atomic mass is 10.0. The molecule has 2 atom stereocenters. The van der Waals surface area contributed by atoms with E-state index >= 15 is 0 Å². The molecule has 7 nitrogen and oxygen atoms in total. The third kappa shape index (κ3) is 36.9. The molecule has 0 aliphatic rings. The Balaban J connectivity index is 4.49. The van der Waals surface area contributed by atoms with Crippen LogP contribution in [0.2, 0.25) is 0 Å². The van der Waals surface area contributed by atoms with E-state index in [1.165, 1.54) is 19.3 Å². The molecule has 0 fully saturated rings. The Morgan fingerprint density at radius 2 is 1.06 bits per heavy atom. The number of ether oxygens (including phenoxy) is 1. The number of aliphatic carboxylic acids is 1. The molecule has 0 aromatic rings. The molecule has 0 saturated carbocycles. The fraction of sp³-hybridized carbons (Fsp3) is 0.638. The second-order valence-electron chi connectivity index (χ2n) is 14.0. The lowest BCUT2D eigenvalue weighted by Crippen LogP contribution is -2.40. The fourth-order valence-corrected chi connectivity index (χ4v) is 5.76. The van der Waals surface area contributed by atoms with Gasteiger partial charge in [0.2, 0.25) is 5.91 Å². The van der Waals surface area contributed by atoms with Crippen LogP contribution in [0.4, 0.5) is 0 Å². The topological polar surface area (TPSA) is 119 Å². The van der Waals surface area contributed by atoms with Gasteiger partial charge in [0.05, 0.1) is 0 Å². The highest BCUT2D eigenvalue weighted by molar-refractivity contribution is 5.83. The molecule has 2 unspecified atom stereocenters. The summed E-state index contributed by atoms with van der Waals surface area (Å²) in [5.41, 5.74) is 5.48. The van der Waals surface area contributed by atoms with Crippen molar-refractivity contribution >= 4 is 17.8 Å². The minimum atomic E-state index is -1.02. The van der Waals surface area contributed by atoms with E-state index in [0.717, 1.165) is 116 Å². The first-order chi connectivity index (χ1) is 26.4. The molecular weight excluding hydrogens is 673 g/mol. The number of hydrogen-bond acceptors (Lipinski definition) is 5. The summed E-state index contributed by atoms with van der Waals surface area (Å²) in [6.07, 6.45) is 53.4. The van der Waals surface area contributed by atoms with Crippen LogP contribution in [0.1, 0.15) is 174 Å². The van der Waals surface area contributed by atoms with Crippen molar-refractivity contribution in [2.45, 2.75) is 187 Å². The van der Waals surface area contributed by atoms with E-state index in [1.807, 2.05) is 0 Å². The zero-order valence-corrected chi connectivity index (χ0v) is 34.3. The molecule has 0 aromatic heterocycles.